The number of hydrogen-bond acceptors (Lipinski definition) is 2. The minimum atomic E-state index is 0.305. The van der Waals surface area contributed by atoms with Gasteiger partial charge in [-0.15, -0.1) is 11.8 Å². The predicted octanol–water partition coefficient (Wildman–Crippen LogP) is 0.857. The van der Waals surface area contributed by atoms with Crippen LogP contribution in [0.1, 0.15) is 26.2 Å². The summed E-state index contributed by atoms with van der Waals surface area (Å²) < 4.78 is 0. The zero-order chi connectivity index (χ0) is 8.81. The molecule has 1 heterocycles. The number of aliphatic hydroxyl groups is 1. The molecule has 1 atom stereocenters. The standard InChI is InChI=1S/C10H17NO/c1-2-3-4-7-11-8-5-6-10(11)9-12/h10,12H,4-9H2,1H3/t10-/m1/s1. The van der Waals surface area contributed by atoms with Gasteiger partial charge in [0.15, 0.2) is 0 Å². The summed E-state index contributed by atoms with van der Waals surface area (Å²) in [5.74, 6) is 5.93. The third-order valence-corrected chi connectivity index (χ3v) is 2.41. The summed E-state index contributed by atoms with van der Waals surface area (Å²) in [4.78, 5) is 2.34. The SMILES string of the molecule is CC#CCCN1CCC[C@@H]1CO. The van der Waals surface area contributed by atoms with Crippen LogP contribution in [0, 0.1) is 11.8 Å². The zero-order valence-corrected chi connectivity index (χ0v) is 7.71. The van der Waals surface area contributed by atoms with E-state index in [9.17, 15) is 0 Å². The van der Waals surface area contributed by atoms with Gasteiger partial charge in [0.25, 0.3) is 0 Å². The summed E-state index contributed by atoms with van der Waals surface area (Å²) in [6.07, 6.45) is 3.31. The van der Waals surface area contributed by atoms with Crippen molar-refractivity contribution >= 4 is 0 Å². The third-order valence-electron chi connectivity index (χ3n) is 2.41. The molecule has 0 aromatic heterocycles. The first-order valence-electron chi connectivity index (χ1n) is 4.63. The molecule has 1 aliphatic heterocycles. The monoisotopic (exact) mass is 167 g/mol. The molecule has 0 radical (unpaired) electrons. The number of likely N-dealkylation sites (tertiary alicyclic amines) is 1. The molecule has 1 saturated heterocycles. The summed E-state index contributed by atoms with van der Waals surface area (Å²) in [5, 5.41) is 9.02. The molecular weight excluding hydrogens is 150 g/mol. The van der Waals surface area contributed by atoms with Crippen LogP contribution in [0.2, 0.25) is 0 Å². The Bertz CT molecular complexity index is 180. The second-order valence-corrected chi connectivity index (χ2v) is 3.19. The Balaban J connectivity index is 2.24. The van der Waals surface area contributed by atoms with Gasteiger partial charge < -0.3 is 5.11 Å². The second-order valence-electron chi connectivity index (χ2n) is 3.19. The number of aliphatic hydroxyl groups excluding tert-OH is 1. The van der Waals surface area contributed by atoms with Gasteiger partial charge in [-0.3, -0.25) is 4.90 Å². The van der Waals surface area contributed by atoms with Crippen LogP contribution in [0.15, 0.2) is 0 Å². The molecular formula is C10H17NO. The van der Waals surface area contributed by atoms with Crippen LogP contribution in [0.5, 0.6) is 0 Å². The quantitative estimate of drug-likeness (QED) is 0.630. The Morgan fingerprint density at radius 3 is 3.08 bits per heavy atom. The van der Waals surface area contributed by atoms with Gasteiger partial charge in [-0.05, 0) is 26.3 Å². The molecule has 0 aromatic carbocycles. The summed E-state index contributed by atoms with van der Waals surface area (Å²) >= 11 is 0. The van der Waals surface area contributed by atoms with Gasteiger partial charge in [-0.1, -0.05) is 0 Å². The van der Waals surface area contributed by atoms with Gasteiger partial charge in [0.2, 0.25) is 0 Å². The molecule has 1 rings (SSSR count). The van der Waals surface area contributed by atoms with E-state index < -0.39 is 0 Å². The molecule has 2 nitrogen and oxygen atoms in total. The molecule has 1 aliphatic rings. The van der Waals surface area contributed by atoms with Crippen molar-refractivity contribution in [2.45, 2.75) is 32.2 Å². The molecule has 2 heteroatoms. The number of hydrogen-bond donors (Lipinski definition) is 1. The summed E-state index contributed by atoms with van der Waals surface area (Å²) in [6.45, 7) is 4.33. The summed E-state index contributed by atoms with van der Waals surface area (Å²) in [6, 6.07) is 0.406. The average Bonchev–Trinajstić information content (AvgIpc) is 2.52. The van der Waals surface area contributed by atoms with Gasteiger partial charge in [-0.25, -0.2) is 0 Å². The van der Waals surface area contributed by atoms with Crippen molar-refractivity contribution in [1.29, 1.82) is 0 Å². The maximum atomic E-state index is 9.02. The Morgan fingerprint density at radius 2 is 2.42 bits per heavy atom. The number of rotatable bonds is 3. The highest BCUT2D eigenvalue weighted by atomic mass is 16.3. The first kappa shape index (κ1) is 9.57. The summed E-state index contributed by atoms with van der Waals surface area (Å²) in [5.41, 5.74) is 0. The van der Waals surface area contributed by atoms with Crippen LogP contribution in [0.3, 0.4) is 0 Å². The van der Waals surface area contributed by atoms with Gasteiger partial charge in [0, 0.05) is 19.0 Å². The Labute approximate surface area is 74.6 Å². The highest BCUT2D eigenvalue weighted by Crippen LogP contribution is 2.16. The average molecular weight is 167 g/mol. The van der Waals surface area contributed by atoms with Crippen LogP contribution in [0.25, 0.3) is 0 Å². The van der Waals surface area contributed by atoms with Crippen LogP contribution < -0.4 is 0 Å². The first-order chi connectivity index (χ1) is 5.88. The first-order valence-corrected chi connectivity index (χ1v) is 4.63. The Morgan fingerprint density at radius 1 is 1.58 bits per heavy atom. The van der Waals surface area contributed by atoms with Crippen LogP contribution >= 0.6 is 0 Å². The molecule has 12 heavy (non-hydrogen) atoms. The lowest BCUT2D eigenvalue weighted by Crippen LogP contribution is -2.32. The smallest absolute Gasteiger partial charge is 0.0586 e. The van der Waals surface area contributed by atoms with E-state index in [4.69, 9.17) is 5.11 Å². The fraction of sp³-hybridized carbons (Fsp3) is 0.800. The number of nitrogens with zero attached hydrogens (tertiary/aromatic N) is 1. The fourth-order valence-corrected chi connectivity index (χ4v) is 1.72. The molecule has 0 bridgehead atoms. The molecule has 1 fully saturated rings. The van der Waals surface area contributed by atoms with Crippen LogP contribution in [0.4, 0.5) is 0 Å². The maximum Gasteiger partial charge on any atom is 0.0586 e. The largest absolute Gasteiger partial charge is 0.395 e. The maximum absolute atomic E-state index is 9.02. The highest BCUT2D eigenvalue weighted by molar-refractivity contribution is 4.96. The van der Waals surface area contributed by atoms with Crippen LogP contribution in [-0.4, -0.2) is 35.7 Å². The van der Waals surface area contributed by atoms with Crippen molar-refractivity contribution in [3.63, 3.8) is 0 Å². The normalized spacial score (nSPS) is 23.7. The molecule has 1 N–H and O–H groups in total. The highest BCUT2D eigenvalue weighted by Gasteiger charge is 2.22. The fourth-order valence-electron chi connectivity index (χ4n) is 1.72. The molecule has 0 spiro atoms. The second kappa shape index (κ2) is 5.18. The van der Waals surface area contributed by atoms with E-state index in [1.165, 1.54) is 6.42 Å². The van der Waals surface area contributed by atoms with E-state index in [-0.39, 0.29) is 0 Å². The molecule has 0 saturated carbocycles. The molecule has 0 unspecified atom stereocenters. The summed E-state index contributed by atoms with van der Waals surface area (Å²) in [7, 11) is 0. The topological polar surface area (TPSA) is 23.5 Å². The Hall–Kier alpha value is -0.520. The lowest BCUT2D eigenvalue weighted by molar-refractivity contribution is 0.161. The van der Waals surface area contributed by atoms with Gasteiger partial charge in [0.05, 0.1) is 6.61 Å². The van der Waals surface area contributed by atoms with Crippen molar-refractivity contribution < 1.29 is 5.11 Å². The van der Waals surface area contributed by atoms with E-state index >= 15 is 0 Å². The van der Waals surface area contributed by atoms with E-state index in [1.807, 2.05) is 6.92 Å². The van der Waals surface area contributed by atoms with Crippen molar-refractivity contribution in [2.24, 2.45) is 0 Å². The van der Waals surface area contributed by atoms with E-state index in [0.717, 1.165) is 25.9 Å². The lowest BCUT2D eigenvalue weighted by atomic mass is 10.2. The van der Waals surface area contributed by atoms with Crippen molar-refractivity contribution in [3.8, 4) is 11.8 Å². The third kappa shape index (κ3) is 2.51. The molecule has 0 amide bonds. The van der Waals surface area contributed by atoms with Crippen molar-refractivity contribution in [1.82, 2.24) is 4.90 Å². The minimum Gasteiger partial charge on any atom is -0.395 e. The van der Waals surface area contributed by atoms with Gasteiger partial charge in [0.1, 0.15) is 0 Å². The van der Waals surface area contributed by atoms with Gasteiger partial charge in [-0.2, -0.15) is 0 Å². The molecule has 0 aromatic rings. The Kier molecular flexibility index (Phi) is 4.13. The van der Waals surface area contributed by atoms with E-state index in [0.29, 0.717) is 12.6 Å². The van der Waals surface area contributed by atoms with Crippen LogP contribution in [-0.2, 0) is 0 Å². The van der Waals surface area contributed by atoms with E-state index in [1.54, 1.807) is 0 Å². The minimum absolute atomic E-state index is 0.305. The van der Waals surface area contributed by atoms with Crippen molar-refractivity contribution in [3.05, 3.63) is 0 Å². The molecule has 0 aliphatic carbocycles. The van der Waals surface area contributed by atoms with E-state index in [2.05, 4.69) is 16.7 Å². The zero-order valence-electron chi connectivity index (χ0n) is 7.71. The lowest BCUT2D eigenvalue weighted by Gasteiger charge is -2.21. The van der Waals surface area contributed by atoms with Crippen molar-refractivity contribution in [2.75, 3.05) is 19.7 Å². The molecule has 68 valence electrons. The van der Waals surface area contributed by atoms with Gasteiger partial charge >= 0.3 is 0 Å². The predicted molar refractivity (Wildman–Crippen MR) is 49.7 cm³/mol.